The Balaban J connectivity index is 1.79. The summed E-state index contributed by atoms with van der Waals surface area (Å²) in [6.07, 6.45) is 1.46. The normalized spacial score (nSPS) is 17.5. The van der Waals surface area contributed by atoms with Crippen LogP contribution in [-0.4, -0.2) is 19.0 Å². The predicted molar refractivity (Wildman–Crippen MR) is 87.2 cm³/mol. The molecule has 0 radical (unpaired) electrons. The van der Waals surface area contributed by atoms with Crippen LogP contribution in [0.15, 0.2) is 42.6 Å². The molecule has 0 amide bonds. The van der Waals surface area contributed by atoms with E-state index in [1.165, 1.54) is 0 Å². The van der Waals surface area contributed by atoms with Gasteiger partial charge in [0.05, 0.1) is 18.1 Å². The standard InChI is InChI=1S/C19H16NO4/c1-22-17-4-2-3-11-5-15-12-6-18-19(24-10-23-18)7-13(12)16(21)9-20(15)8-14(11)17/h2-8,16,21H,9-10H2,1H3/q+1/t16-/m0/s1. The monoisotopic (exact) mass is 322 g/mol. The molecule has 1 N–H and O–H groups in total. The van der Waals surface area contributed by atoms with Crippen LogP contribution in [0, 0.1) is 0 Å². The van der Waals surface area contributed by atoms with Gasteiger partial charge in [0.25, 0.3) is 0 Å². The number of methoxy groups -OCH3 is 1. The van der Waals surface area contributed by atoms with E-state index >= 15 is 0 Å². The lowest BCUT2D eigenvalue weighted by Gasteiger charge is -2.20. The molecule has 1 atom stereocenters. The average molecular weight is 322 g/mol. The van der Waals surface area contributed by atoms with Crippen molar-refractivity contribution in [2.24, 2.45) is 0 Å². The fourth-order valence-electron chi connectivity index (χ4n) is 3.58. The second kappa shape index (κ2) is 4.85. The molecule has 5 rings (SSSR count). The first kappa shape index (κ1) is 13.6. The zero-order valence-electron chi connectivity index (χ0n) is 13.2. The third kappa shape index (κ3) is 1.82. The number of aliphatic hydroxyl groups is 1. The molecule has 0 unspecified atom stereocenters. The van der Waals surface area contributed by atoms with Crippen molar-refractivity contribution in [3.63, 3.8) is 0 Å². The Labute approximate surface area is 138 Å². The molecule has 5 heteroatoms. The highest BCUT2D eigenvalue weighted by Crippen LogP contribution is 2.42. The van der Waals surface area contributed by atoms with Crippen LogP contribution >= 0.6 is 0 Å². The van der Waals surface area contributed by atoms with Gasteiger partial charge in [0.2, 0.25) is 12.5 Å². The quantitative estimate of drug-likeness (QED) is 0.700. The van der Waals surface area contributed by atoms with E-state index in [0.717, 1.165) is 39.1 Å². The van der Waals surface area contributed by atoms with E-state index in [4.69, 9.17) is 14.2 Å². The van der Waals surface area contributed by atoms with Gasteiger partial charge in [0.15, 0.2) is 24.2 Å². The lowest BCUT2D eigenvalue weighted by atomic mass is 9.93. The van der Waals surface area contributed by atoms with E-state index in [1.54, 1.807) is 7.11 Å². The number of rotatable bonds is 1. The summed E-state index contributed by atoms with van der Waals surface area (Å²) < 4.78 is 18.5. The summed E-state index contributed by atoms with van der Waals surface area (Å²) in [5.41, 5.74) is 2.90. The van der Waals surface area contributed by atoms with E-state index in [9.17, 15) is 5.11 Å². The van der Waals surface area contributed by atoms with Gasteiger partial charge in [-0.2, -0.15) is 4.57 Å². The Bertz CT molecular complexity index is 983. The number of nitrogens with zero attached hydrogens (tertiary/aromatic N) is 1. The number of aromatic nitrogens is 1. The van der Waals surface area contributed by atoms with Gasteiger partial charge in [-0.15, -0.1) is 0 Å². The van der Waals surface area contributed by atoms with E-state index < -0.39 is 6.10 Å². The number of aliphatic hydroxyl groups excluding tert-OH is 1. The summed E-state index contributed by atoms with van der Waals surface area (Å²) >= 11 is 0. The van der Waals surface area contributed by atoms with Gasteiger partial charge < -0.3 is 19.3 Å². The van der Waals surface area contributed by atoms with Crippen molar-refractivity contribution in [3.05, 3.63) is 48.2 Å². The second-order valence-corrected chi connectivity index (χ2v) is 6.08. The molecule has 3 aromatic rings. The summed E-state index contributed by atoms with van der Waals surface area (Å²) in [6, 6.07) is 12.0. The summed E-state index contributed by atoms with van der Waals surface area (Å²) in [5, 5.41) is 12.7. The topological polar surface area (TPSA) is 51.8 Å². The zero-order valence-corrected chi connectivity index (χ0v) is 13.2. The summed E-state index contributed by atoms with van der Waals surface area (Å²) in [5.74, 6) is 2.25. The minimum Gasteiger partial charge on any atom is -0.496 e. The molecule has 0 aliphatic carbocycles. The fraction of sp³-hybridized carbons (Fsp3) is 0.211. The Hall–Kier alpha value is -2.79. The molecule has 2 aromatic carbocycles. The molecular formula is C19H16NO4+. The fourth-order valence-corrected chi connectivity index (χ4v) is 3.58. The highest BCUT2D eigenvalue weighted by molar-refractivity contribution is 5.89. The van der Waals surface area contributed by atoms with Crippen LogP contribution in [0.5, 0.6) is 17.2 Å². The zero-order chi connectivity index (χ0) is 16.3. The molecule has 2 aliphatic rings. The van der Waals surface area contributed by atoms with Gasteiger partial charge in [-0.25, -0.2) is 0 Å². The smallest absolute Gasteiger partial charge is 0.231 e. The van der Waals surface area contributed by atoms with Crippen molar-refractivity contribution in [1.82, 2.24) is 0 Å². The van der Waals surface area contributed by atoms with Crippen LogP contribution < -0.4 is 18.8 Å². The number of pyridine rings is 1. The van der Waals surface area contributed by atoms with E-state index in [0.29, 0.717) is 12.3 Å². The number of hydrogen-bond donors (Lipinski definition) is 1. The third-order valence-corrected chi connectivity index (χ3v) is 4.76. The van der Waals surface area contributed by atoms with Crippen LogP contribution in [0.2, 0.25) is 0 Å². The second-order valence-electron chi connectivity index (χ2n) is 6.08. The van der Waals surface area contributed by atoms with Crippen molar-refractivity contribution in [3.8, 4) is 28.5 Å². The van der Waals surface area contributed by atoms with Gasteiger partial charge in [0, 0.05) is 11.6 Å². The van der Waals surface area contributed by atoms with Crippen LogP contribution in [0.25, 0.3) is 22.0 Å². The van der Waals surface area contributed by atoms with Crippen LogP contribution in [-0.2, 0) is 6.54 Å². The highest BCUT2D eigenvalue weighted by Gasteiger charge is 2.33. The molecule has 0 bridgehead atoms. The molecular weight excluding hydrogens is 306 g/mol. The first-order chi connectivity index (χ1) is 11.7. The minimum absolute atomic E-state index is 0.225. The maximum atomic E-state index is 10.6. The molecule has 0 fully saturated rings. The van der Waals surface area contributed by atoms with Gasteiger partial charge in [-0.05, 0) is 23.6 Å². The SMILES string of the molecule is COc1cccc2cc3[n+](cc12)C[C@H](O)c1cc2c(cc1-3)OCO2. The average Bonchev–Trinajstić information content (AvgIpc) is 3.06. The molecule has 120 valence electrons. The van der Waals surface area contributed by atoms with Crippen molar-refractivity contribution in [2.75, 3.05) is 13.9 Å². The van der Waals surface area contributed by atoms with Gasteiger partial charge in [-0.3, -0.25) is 0 Å². The van der Waals surface area contributed by atoms with Crippen LogP contribution in [0.1, 0.15) is 11.7 Å². The number of hydrogen-bond acceptors (Lipinski definition) is 4. The van der Waals surface area contributed by atoms with Crippen molar-refractivity contribution >= 4 is 10.8 Å². The molecule has 5 nitrogen and oxygen atoms in total. The molecule has 0 saturated heterocycles. The Morgan fingerprint density at radius 2 is 2.00 bits per heavy atom. The Morgan fingerprint density at radius 3 is 2.83 bits per heavy atom. The first-order valence-electron chi connectivity index (χ1n) is 7.87. The van der Waals surface area contributed by atoms with E-state index in [1.807, 2.05) is 30.5 Å². The number of ether oxygens (including phenoxy) is 3. The lowest BCUT2D eigenvalue weighted by molar-refractivity contribution is -0.695. The Kier molecular flexibility index (Phi) is 2.76. The summed E-state index contributed by atoms with van der Waals surface area (Å²) in [4.78, 5) is 0. The van der Waals surface area contributed by atoms with Gasteiger partial charge in [0.1, 0.15) is 11.9 Å². The molecule has 24 heavy (non-hydrogen) atoms. The first-order valence-corrected chi connectivity index (χ1v) is 7.87. The predicted octanol–water partition coefficient (Wildman–Crippen LogP) is 2.58. The van der Waals surface area contributed by atoms with Gasteiger partial charge in [-0.1, -0.05) is 12.1 Å². The Morgan fingerprint density at radius 1 is 1.17 bits per heavy atom. The number of benzene rings is 2. The summed E-state index contributed by atoms with van der Waals surface area (Å²) in [6.45, 7) is 0.721. The molecule has 0 saturated carbocycles. The van der Waals surface area contributed by atoms with E-state index in [2.05, 4.69) is 16.7 Å². The van der Waals surface area contributed by atoms with Crippen molar-refractivity contribution < 1.29 is 23.9 Å². The largest absolute Gasteiger partial charge is 0.496 e. The third-order valence-electron chi connectivity index (χ3n) is 4.76. The highest BCUT2D eigenvalue weighted by atomic mass is 16.7. The van der Waals surface area contributed by atoms with Crippen LogP contribution in [0.3, 0.4) is 0 Å². The molecule has 1 aromatic heterocycles. The van der Waals surface area contributed by atoms with Crippen molar-refractivity contribution in [2.45, 2.75) is 12.6 Å². The summed E-state index contributed by atoms with van der Waals surface area (Å²) in [7, 11) is 1.67. The minimum atomic E-state index is -0.584. The molecule has 0 spiro atoms. The van der Waals surface area contributed by atoms with Crippen molar-refractivity contribution in [1.29, 1.82) is 0 Å². The number of fused-ring (bicyclic) bond motifs is 5. The molecule has 2 aliphatic heterocycles. The lowest BCUT2D eigenvalue weighted by Crippen LogP contribution is -2.42. The molecule has 3 heterocycles. The maximum absolute atomic E-state index is 10.6. The van der Waals surface area contributed by atoms with Crippen LogP contribution in [0.4, 0.5) is 0 Å². The van der Waals surface area contributed by atoms with E-state index in [-0.39, 0.29) is 6.79 Å². The van der Waals surface area contributed by atoms with Gasteiger partial charge >= 0.3 is 0 Å². The maximum Gasteiger partial charge on any atom is 0.231 e.